The summed E-state index contributed by atoms with van der Waals surface area (Å²) in [6.45, 7) is 2.40. The summed E-state index contributed by atoms with van der Waals surface area (Å²) in [7, 11) is 1.76. The fourth-order valence-electron chi connectivity index (χ4n) is 2.48. The van der Waals surface area contributed by atoms with E-state index >= 15 is 0 Å². The smallest absolute Gasteiger partial charge is 0.0590 e. The van der Waals surface area contributed by atoms with Crippen molar-refractivity contribution in [3.05, 3.63) is 29.8 Å². The van der Waals surface area contributed by atoms with Gasteiger partial charge in [-0.2, -0.15) is 0 Å². The van der Waals surface area contributed by atoms with E-state index < -0.39 is 0 Å². The Balaban J connectivity index is 2.10. The van der Waals surface area contributed by atoms with Crippen LogP contribution in [0.15, 0.2) is 29.2 Å². The normalized spacial score (nSPS) is 16.8. The quantitative estimate of drug-likeness (QED) is 0.743. The van der Waals surface area contributed by atoms with Crippen molar-refractivity contribution in [2.75, 3.05) is 33.1 Å². The molecule has 19 heavy (non-hydrogen) atoms. The van der Waals surface area contributed by atoms with E-state index in [1.165, 1.54) is 23.3 Å². The molecule has 106 valence electrons. The van der Waals surface area contributed by atoms with E-state index in [2.05, 4.69) is 35.4 Å². The van der Waals surface area contributed by atoms with Crippen molar-refractivity contribution >= 4 is 11.8 Å². The van der Waals surface area contributed by atoms with Crippen molar-refractivity contribution in [2.45, 2.75) is 29.8 Å². The zero-order valence-corrected chi connectivity index (χ0v) is 12.7. The molecule has 2 N–H and O–H groups in total. The van der Waals surface area contributed by atoms with Gasteiger partial charge in [-0.1, -0.05) is 12.1 Å². The molecule has 1 atom stereocenters. The first-order chi connectivity index (χ1) is 9.30. The van der Waals surface area contributed by atoms with Crippen LogP contribution < -0.4 is 5.73 Å². The summed E-state index contributed by atoms with van der Waals surface area (Å²) in [6, 6.07) is 9.81. The Kier molecular flexibility index (Phi) is 5.70. The van der Waals surface area contributed by atoms with Gasteiger partial charge in [0.2, 0.25) is 0 Å². The van der Waals surface area contributed by atoms with Crippen LogP contribution in [-0.2, 0) is 4.74 Å². The van der Waals surface area contributed by atoms with E-state index in [1.54, 1.807) is 18.9 Å². The topological polar surface area (TPSA) is 38.5 Å². The molecule has 1 aromatic carbocycles. The van der Waals surface area contributed by atoms with Gasteiger partial charge in [-0.25, -0.2) is 0 Å². The third kappa shape index (κ3) is 3.96. The SMILES string of the molecule is COCCN(C1CC1)C(CN)c1ccc(SC)cc1. The Labute approximate surface area is 120 Å². The third-order valence-electron chi connectivity index (χ3n) is 3.69. The van der Waals surface area contributed by atoms with Crippen LogP contribution in [0.3, 0.4) is 0 Å². The van der Waals surface area contributed by atoms with Gasteiger partial charge < -0.3 is 10.5 Å². The molecular formula is C15H24N2OS. The predicted octanol–water partition coefficient (Wildman–Crippen LogP) is 2.52. The second kappa shape index (κ2) is 7.29. The number of benzene rings is 1. The second-order valence-electron chi connectivity index (χ2n) is 4.99. The van der Waals surface area contributed by atoms with Gasteiger partial charge in [0, 0.05) is 37.2 Å². The largest absolute Gasteiger partial charge is 0.383 e. The van der Waals surface area contributed by atoms with Crippen molar-refractivity contribution in [1.29, 1.82) is 0 Å². The highest BCUT2D eigenvalue weighted by molar-refractivity contribution is 7.98. The first kappa shape index (κ1) is 14.9. The van der Waals surface area contributed by atoms with Gasteiger partial charge in [0.25, 0.3) is 0 Å². The number of hydrogen-bond acceptors (Lipinski definition) is 4. The van der Waals surface area contributed by atoms with Gasteiger partial charge in [-0.05, 0) is 36.8 Å². The van der Waals surface area contributed by atoms with E-state index in [1.807, 2.05) is 0 Å². The Morgan fingerprint density at radius 1 is 1.37 bits per heavy atom. The number of thioether (sulfide) groups is 1. The zero-order chi connectivity index (χ0) is 13.7. The molecule has 1 unspecified atom stereocenters. The lowest BCUT2D eigenvalue weighted by atomic mass is 10.1. The molecule has 0 amide bonds. The van der Waals surface area contributed by atoms with Crippen LogP contribution in [0.4, 0.5) is 0 Å². The number of rotatable bonds is 8. The summed E-state index contributed by atoms with van der Waals surface area (Å²) >= 11 is 1.77. The third-order valence-corrected chi connectivity index (χ3v) is 4.44. The van der Waals surface area contributed by atoms with E-state index in [0.29, 0.717) is 18.6 Å². The van der Waals surface area contributed by atoms with Crippen LogP contribution >= 0.6 is 11.8 Å². The number of methoxy groups -OCH3 is 1. The second-order valence-corrected chi connectivity index (χ2v) is 5.87. The van der Waals surface area contributed by atoms with E-state index in [4.69, 9.17) is 10.5 Å². The molecule has 0 bridgehead atoms. The van der Waals surface area contributed by atoms with E-state index in [-0.39, 0.29) is 0 Å². The van der Waals surface area contributed by atoms with E-state index in [0.717, 1.165) is 13.2 Å². The summed E-state index contributed by atoms with van der Waals surface area (Å²) in [4.78, 5) is 3.81. The minimum absolute atomic E-state index is 0.318. The zero-order valence-electron chi connectivity index (χ0n) is 11.8. The van der Waals surface area contributed by atoms with Gasteiger partial charge in [0.15, 0.2) is 0 Å². The number of nitrogens with two attached hydrogens (primary N) is 1. The predicted molar refractivity (Wildman–Crippen MR) is 81.6 cm³/mol. The molecule has 0 aliphatic heterocycles. The maximum absolute atomic E-state index is 6.03. The molecule has 1 aromatic rings. The van der Waals surface area contributed by atoms with Gasteiger partial charge in [0.1, 0.15) is 0 Å². The molecule has 0 saturated heterocycles. The lowest BCUT2D eigenvalue weighted by Gasteiger charge is -2.31. The fourth-order valence-corrected chi connectivity index (χ4v) is 2.89. The highest BCUT2D eigenvalue weighted by Gasteiger charge is 2.33. The molecule has 2 rings (SSSR count). The number of hydrogen-bond donors (Lipinski definition) is 1. The van der Waals surface area contributed by atoms with Gasteiger partial charge in [-0.3, -0.25) is 4.90 Å². The first-order valence-corrected chi connectivity index (χ1v) is 8.11. The van der Waals surface area contributed by atoms with Crippen molar-refractivity contribution in [2.24, 2.45) is 5.73 Å². The average molecular weight is 280 g/mol. The number of nitrogens with zero attached hydrogens (tertiary/aromatic N) is 1. The monoisotopic (exact) mass is 280 g/mol. The fraction of sp³-hybridized carbons (Fsp3) is 0.600. The highest BCUT2D eigenvalue weighted by Crippen LogP contribution is 2.34. The maximum atomic E-state index is 6.03. The molecule has 0 aromatic heterocycles. The summed E-state index contributed by atoms with van der Waals surface area (Å²) in [5, 5.41) is 0. The highest BCUT2D eigenvalue weighted by atomic mass is 32.2. The molecule has 1 fully saturated rings. The molecule has 4 heteroatoms. The summed E-state index contributed by atoms with van der Waals surface area (Å²) < 4.78 is 5.23. The summed E-state index contributed by atoms with van der Waals surface area (Å²) in [5.74, 6) is 0. The first-order valence-electron chi connectivity index (χ1n) is 6.88. The van der Waals surface area contributed by atoms with Crippen LogP contribution in [-0.4, -0.2) is 44.0 Å². The van der Waals surface area contributed by atoms with Crippen molar-refractivity contribution in [3.63, 3.8) is 0 Å². The maximum Gasteiger partial charge on any atom is 0.0590 e. The average Bonchev–Trinajstić information content (AvgIpc) is 3.28. The molecule has 1 saturated carbocycles. The van der Waals surface area contributed by atoms with Gasteiger partial charge in [-0.15, -0.1) is 11.8 Å². The minimum atomic E-state index is 0.318. The molecule has 0 heterocycles. The molecule has 1 aliphatic rings. The van der Waals surface area contributed by atoms with Crippen molar-refractivity contribution < 1.29 is 4.74 Å². The lowest BCUT2D eigenvalue weighted by Crippen LogP contribution is -2.37. The summed E-state index contributed by atoms with van der Waals surface area (Å²) in [6.07, 6.45) is 4.69. The Morgan fingerprint density at radius 3 is 2.53 bits per heavy atom. The molecule has 1 aliphatic carbocycles. The minimum Gasteiger partial charge on any atom is -0.383 e. The van der Waals surface area contributed by atoms with Crippen LogP contribution in [0, 0.1) is 0 Å². The number of ether oxygens (including phenoxy) is 1. The van der Waals surface area contributed by atoms with Gasteiger partial charge in [0.05, 0.1) is 6.61 Å². The summed E-state index contributed by atoms with van der Waals surface area (Å²) in [5.41, 5.74) is 7.35. The van der Waals surface area contributed by atoms with Crippen LogP contribution in [0.5, 0.6) is 0 Å². The Morgan fingerprint density at radius 2 is 2.05 bits per heavy atom. The standard InChI is InChI=1S/C15H24N2OS/c1-18-10-9-17(13-5-6-13)15(11-16)12-3-7-14(19-2)8-4-12/h3-4,7-8,13,15H,5-6,9-11,16H2,1-2H3. The molecule has 0 radical (unpaired) electrons. The van der Waals surface area contributed by atoms with Gasteiger partial charge >= 0.3 is 0 Å². The van der Waals surface area contributed by atoms with Crippen LogP contribution in [0.2, 0.25) is 0 Å². The Bertz CT molecular complexity index is 378. The Hall–Kier alpha value is -0.550. The van der Waals surface area contributed by atoms with Crippen molar-refractivity contribution in [1.82, 2.24) is 4.90 Å². The van der Waals surface area contributed by atoms with Crippen LogP contribution in [0.1, 0.15) is 24.4 Å². The molecule has 3 nitrogen and oxygen atoms in total. The molecule has 0 spiro atoms. The lowest BCUT2D eigenvalue weighted by molar-refractivity contribution is 0.115. The van der Waals surface area contributed by atoms with Crippen LogP contribution in [0.25, 0.3) is 0 Å². The van der Waals surface area contributed by atoms with E-state index in [9.17, 15) is 0 Å². The molecular weight excluding hydrogens is 256 g/mol. The van der Waals surface area contributed by atoms with Crippen molar-refractivity contribution in [3.8, 4) is 0 Å².